The summed E-state index contributed by atoms with van der Waals surface area (Å²) in [5.74, 6) is 1.01. The number of amides is 1. The third-order valence-electron chi connectivity index (χ3n) is 5.12. The minimum atomic E-state index is 0. The molecule has 1 amide bonds. The van der Waals surface area contributed by atoms with Gasteiger partial charge in [0, 0.05) is 13.1 Å². The fourth-order valence-corrected chi connectivity index (χ4v) is 3.54. The molecule has 2 aliphatic rings. The molecule has 1 aromatic rings. The second-order valence-electron chi connectivity index (χ2n) is 7.15. The Morgan fingerprint density at radius 1 is 1.25 bits per heavy atom. The van der Waals surface area contributed by atoms with Crippen LogP contribution in [0.15, 0.2) is 24.3 Å². The third-order valence-corrected chi connectivity index (χ3v) is 5.12. The number of carbonyl (C=O) groups is 1. The van der Waals surface area contributed by atoms with Crippen LogP contribution in [0.25, 0.3) is 0 Å². The molecule has 0 unspecified atom stereocenters. The van der Waals surface area contributed by atoms with Gasteiger partial charge in [-0.25, -0.2) is 0 Å². The zero-order valence-electron chi connectivity index (χ0n) is 14.6. The molecule has 0 aromatic heterocycles. The van der Waals surface area contributed by atoms with Crippen LogP contribution in [0.5, 0.6) is 0 Å². The molecule has 0 saturated carbocycles. The second kappa shape index (κ2) is 9.40. The second-order valence-corrected chi connectivity index (χ2v) is 7.15. The van der Waals surface area contributed by atoms with Crippen molar-refractivity contribution < 1.29 is 4.79 Å². The van der Waals surface area contributed by atoms with Crippen LogP contribution in [0.3, 0.4) is 0 Å². The van der Waals surface area contributed by atoms with Gasteiger partial charge in [0.1, 0.15) is 0 Å². The molecule has 2 heterocycles. The van der Waals surface area contributed by atoms with E-state index in [-0.39, 0.29) is 24.4 Å². The van der Waals surface area contributed by atoms with Crippen LogP contribution >= 0.6 is 12.4 Å². The Hall–Kier alpha value is -1.10. The fraction of sp³-hybridized carbons (Fsp3) is 0.632. The Labute approximate surface area is 151 Å². The van der Waals surface area contributed by atoms with Gasteiger partial charge >= 0.3 is 0 Å². The first-order chi connectivity index (χ1) is 11.2. The van der Waals surface area contributed by atoms with E-state index in [1.807, 2.05) is 0 Å². The van der Waals surface area contributed by atoms with E-state index in [4.69, 9.17) is 0 Å². The van der Waals surface area contributed by atoms with Gasteiger partial charge in [0.2, 0.25) is 5.91 Å². The summed E-state index contributed by atoms with van der Waals surface area (Å²) in [7, 11) is 0. The number of carbonyl (C=O) groups excluding carboxylic acids is 1. The number of hydrogen-bond donors (Lipinski definition) is 2. The normalized spacial score (nSPS) is 22.1. The number of hydrogen-bond acceptors (Lipinski definition) is 3. The van der Waals surface area contributed by atoms with Crippen LogP contribution in [-0.2, 0) is 17.9 Å². The number of rotatable bonds is 5. The predicted molar refractivity (Wildman–Crippen MR) is 100 cm³/mol. The van der Waals surface area contributed by atoms with Gasteiger partial charge in [-0.1, -0.05) is 31.2 Å². The standard InChI is InChI=1S/C19H29N3O.ClH/c1-15-7-10-22(11-8-15)14-17-5-2-4-16(12-17)13-21-19(23)18-6-3-9-20-18;/h2,4-5,12,15,18,20H,3,6-11,13-14H2,1H3,(H,21,23);1H/t18-;/m0./s1. The molecule has 3 rings (SSSR count). The lowest BCUT2D eigenvalue weighted by atomic mass is 9.98. The van der Waals surface area contributed by atoms with Crippen molar-refractivity contribution >= 4 is 18.3 Å². The Morgan fingerprint density at radius 2 is 2.00 bits per heavy atom. The first kappa shape index (κ1) is 19.2. The molecule has 0 spiro atoms. The molecule has 5 heteroatoms. The Bertz CT molecular complexity index is 523. The van der Waals surface area contributed by atoms with E-state index < -0.39 is 0 Å². The zero-order valence-corrected chi connectivity index (χ0v) is 15.4. The molecule has 134 valence electrons. The molecule has 2 saturated heterocycles. The van der Waals surface area contributed by atoms with Gasteiger partial charge in [0.15, 0.2) is 0 Å². The molecule has 2 fully saturated rings. The summed E-state index contributed by atoms with van der Waals surface area (Å²) >= 11 is 0. The molecule has 4 nitrogen and oxygen atoms in total. The molecule has 0 bridgehead atoms. The van der Waals surface area contributed by atoms with Crippen LogP contribution in [0.4, 0.5) is 0 Å². The van der Waals surface area contributed by atoms with E-state index in [2.05, 4.69) is 46.7 Å². The van der Waals surface area contributed by atoms with Crippen molar-refractivity contribution in [3.8, 4) is 0 Å². The molecule has 2 N–H and O–H groups in total. The van der Waals surface area contributed by atoms with Crippen molar-refractivity contribution in [1.29, 1.82) is 0 Å². The number of nitrogens with zero attached hydrogens (tertiary/aromatic N) is 1. The summed E-state index contributed by atoms with van der Waals surface area (Å²) in [4.78, 5) is 14.6. The SMILES string of the molecule is CC1CCN(Cc2cccc(CNC(=O)[C@@H]3CCCN3)c2)CC1.Cl. The van der Waals surface area contributed by atoms with Crippen LogP contribution < -0.4 is 10.6 Å². The molecular weight excluding hydrogens is 322 g/mol. The molecule has 24 heavy (non-hydrogen) atoms. The van der Waals surface area contributed by atoms with Crippen molar-refractivity contribution in [2.75, 3.05) is 19.6 Å². The highest BCUT2D eigenvalue weighted by molar-refractivity contribution is 5.85. The van der Waals surface area contributed by atoms with Crippen molar-refractivity contribution in [3.63, 3.8) is 0 Å². The first-order valence-electron chi connectivity index (χ1n) is 9.02. The van der Waals surface area contributed by atoms with Crippen molar-refractivity contribution in [1.82, 2.24) is 15.5 Å². The number of halogens is 1. The van der Waals surface area contributed by atoms with E-state index in [0.29, 0.717) is 6.54 Å². The van der Waals surface area contributed by atoms with E-state index in [9.17, 15) is 4.79 Å². The zero-order chi connectivity index (χ0) is 16.1. The van der Waals surface area contributed by atoms with Gasteiger partial charge in [-0.2, -0.15) is 0 Å². The third kappa shape index (κ3) is 5.47. The maximum absolute atomic E-state index is 12.1. The molecule has 0 radical (unpaired) electrons. The molecule has 1 aromatic carbocycles. The summed E-state index contributed by atoms with van der Waals surface area (Å²) in [5.41, 5.74) is 2.55. The van der Waals surface area contributed by atoms with Crippen LogP contribution in [0.2, 0.25) is 0 Å². The summed E-state index contributed by atoms with van der Waals surface area (Å²) in [6.45, 7) is 7.37. The van der Waals surface area contributed by atoms with Gasteiger partial charge in [0.25, 0.3) is 0 Å². The highest BCUT2D eigenvalue weighted by Gasteiger charge is 2.21. The largest absolute Gasteiger partial charge is 0.351 e. The smallest absolute Gasteiger partial charge is 0.237 e. The Kier molecular flexibility index (Phi) is 7.53. The van der Waals surface area contributed by atoms with E-state index in [1.54, 1.807) is 0 Å². The van der Waals surface area contributed by atoms with Crippen LogP contribution in [0.1, 0.15) is 43.7 Å². The summed E-state index contributed by atoms with van der Waals surface area (Å²) in [5, 5.41) is 6.31. The maximum Gasteiger partial charge on any atom is 0.237 e. The van der Waals surface area contributed by atoms with Gasteiger partial charge in [0.05, 0.1) is 6.04 Å². The minimum absolute atomic E-state index is 0. The van der Waals surface area contributed by atoms with Gasteiger partial charge in [-0.05, 0) is 62.4 Å². The number of piperidine rings is 1. The van der Waals surface area contributed by atoms with Gasteiger partial charge < -0.3 is 10.6 Å². The molecular formula is C19H30ClN3O. The Morgan fingerprint density at radius 3 is 2.71 bits per heavy atom. The molecule has 0 aliphatic carbocycles. The van der Waals surface area contributed by atoms with Crippen molar-refractivity contribution in [3.05, 3.63) is 35.4 Å². The Balaban J connectivity index is 0.00000208. The van der Waals surface area contributed by atoms with Gasteiger partial charge in [-0.15, -0.1) is 12.4 Å². The van der Waals surface area contributed by atoms with Crippen LogP contribution in [-0.4, -0.2) is 36.5 Å². The average molecular weight is 352 g/mol. The monoisotopic (exact) mass is 351 g/mol. The molecule has 2 aliphatic heterocycles. The van der Waals surface area contributed by atoms with Crippen molar-refractivity contribution in [2.24, 2.45) is 5.92 Å². The number of benzene rings is 1. The van der Waals surface area contributed by atoms with E-state index in [0.717, 1.165) is 31.8 Å². The average Bonchev–Trinajstić information content (AvgIpc) is 3.10. The van der Waals surface area contributed by atoms with Gasteiger partial charge in [-0.3, -0.25) is 9.69 Å². The number of likely N-dealkylation sites (tertiary alicyclic amines) is 1. The van der Waals surface area contributed by atoms with E-state index in [1.165, 1.54) is 37.1 Å². The maximum atomic E-state index is 12.1. The van der Waals surface area contributed by atoms with Crippen LogP contribution in [0, 0.1) is 5.92 Å². The minimum Gasteiger partial charge on any atom is -0.351 e. The highest BCUT2D eigenvalue weighted by Crippen LogP contribution is 2.18. The molecule has 1 atom stereocenters. The number of nitrogens with one attached hydrogen (secondary N) is 2. The summed E-state index contributed by atoms with van der Waals surface area (Å²) in [6, 6.07) is 8.65. The quantitative estimate of drug-likeness (QED) is 0.857. The highest BCUT2D eigenvalue weighted by atomic mass is 35.5. The summed E-state index contributed by atoms with van der Waals surface area (Å²) < 4.78 is 0. The summed E-state index contributed by atoms with van der Waals surface area (Å²) in [6.07, 6.45) is 4.68. The first-order valence-corrected chi connectivity index (χ1v) is 9.02. The topological polar surface area (TPSA) is 44.4 Å². The lowest BCUT2D eigenvalue weighted by Crippen LogP contribution is -2.40. The fourth-order valence-electron chi connectivity index (χ4n) is 3.54. The lowest BCUT2D eigenvalue weighted by Gasteiger charge is -2.30. The lowest BCUT2D eigenvalue weighted by molar-refractivity contribution is -0.122. The van der Waals surface area contributed by atoms with E-state index >= 15 is 0 Å². The predicted octanol–water partition coefficient (Wildman–Crippen LogP) is 2.71. The van der Waals surface area contributed by atoms with Crippen molar-refractivity contribution in [2.45, 2.75) is 51.7 Å².